The highest BCUT2D eigenvalue weighted by Crippen LogP contribution is 2.52. The van der Waals surface area contributed by atoms with Gasteiger partial charge in [-0.1, -0.05) is 50.4 Å². The van der Waals surface area contributed by atoms with Gasteiger partial charge >= 0.3 is 12.1 Å². The van der Waals surface area contributed by atoms with E-state index in [1.54, 1.807) is 13.0 Å². The van der Waals surface area contributed by atoms with Gasteiger partial charge in [0.1, 0.15) is 10.5 Å². The fourth-order valence-electron chi connectivity index (χ4n) is 3.09. The molecule has 0 N–H and O–H groups in total. The van der Waals surface area contributed by atoms with Crippen LogP contribution < -0.4 is 0 Å². The lowest BCUT2D eigenvalue weighted by Crippen LogP contribution is -2.50. The number of carbonyl (C=O) groups is 1. The smallest absolute Gasteiger partial charge is 0.436 e. The molecule has 0 bridgehead atoms. The Labute approximate surface area is 182 Å². The van der Waals surface area contributed by atoms with E-state index in [0.717, 1.165) is 12.1 Å². The highest BCUT2D eigenvalue weighted by atomic mass is 79.9. The van der Waals surface area contributed by atoms with Gasteiger partial charge < -0.3 is 9.57 Å². The second-order valence-corrected chi connectivity index (χ2v) is 8.13. The molecule has 0 radical (unpaired) electrons. The number of hydrogen-bond donors (Lipinski definition) is 0. The molecule has 0 saturated carbocycles. The number of hydrogen-bond acceptors (Lipinski definition) is 4. The minimum absolute atomic E-state index is 0.0120. The van der Waals surface area contributed by atoms with Gasteiger partial charge in [-0.25, -0.2) is 4.79 Å². The van der Waals surface area contributed by atoms with Crippen LogP contribution in [0.1, 0.15) is 27.0 Å². The van der Waals surface area contributed by atoms with Crippen molar-refractivity contribution in [2.75, 3.05) is 7.11 Å². The molecule has 2 atom stereocenters. The Hall–Kier alpha value is -1.77. The number of methoxy groups -OCH3 is 1. The Balaban J connectivity index is 2.08. The van der Waals surface area contributed by atoms with E-state index in [2.05, 4.69) is 25.8 Å². The monoisotopic (exact) mass is 509 g/mol. The van der Waals surface area contributed by atoms with Crippen LogP contribution in [0.4, 0.5) is 13.2 Å². The Kier molecular flexibility index (Phi) is 5.91. The summed E-state index contributed by atoms with van der Waals surface area (Å²) < 4.78 is 47.4. The lowest BCUT2D eigenvalue weighted by atomic mass is 9.86. The summed E-state index contributed by atoms with van der Waals surface area (Å²) in [4.78, 5) is 15.4. The number of carbonyl (C=O) groups excluding carboxylic acids is 1. The molecule has 4 nitrogen and oxygen atoms in total. The maximum absolute atomic E-state index is 14.2. The lowest BCUT2D eigenvalue weighted by Gasteiger charge is -2.33. The average molecular weight is 511 g/mol. The van der Waals surface area contributed by atoms with Gasteiger partial charge in [-0.3, -0.25) is 0 Å². The van der Waals surface area contributed by atoms with Gasteiger partial charge in [0, 0.05) is 21.2 Å². The Morgan fingerprint density at radius 2 is 1.83 bits per heavy atom. The van der Waals surface area contributed by atoms with Gasteiger partial charge in [-0.15, -0.1) is 0 Å². The van der Waals surface area contributed by atoms with E-state index in [9.17, 15) is 18.0 Å². The third-order valence-corrected chi connectivity index (χ3v) is 6.04. The molecule has 2 unspecified atom stereocenters. The van der Waals surface area contributed by atoms with E-state index < -0.39 is 22.6 Å². The molecule has 29 heavy (non-hydrogen) atoms. The number of ether oxygens (including phenoxy) is 1. The first-order chi connectivity index (χ1) is 13.5. The number of rotatable bonds is 3. The summed E-state index contributed by atoms with van der Waals surface area (Å²) in [5, 5.41) is 3.79. The predicted octanol–water partition coefficient (Wildman–Crippen LogP) is 6.04. The van der Waals surface area contributed by atoms with Gasteiger partial charge in [0.15, 0.2) is 0 Å². The SMILES string of the molecule is COC(=O)c1ccc(C2=NOC(c3cc(Cl)cc(Cl)c3)(C(F)(F)F)C2Br)cc1C. The van der Waals surface area contributed by atoms with Crippen molar-refractivity contribution < 1.29 is 27.5 Å². The molecule has 0 saturated heterocycles. The highest BCUT2D eigenvalue weighted by Gasteiger charge is 2.67. The summed E-state index contributed by atoms with van der Waals surface area (Å²) in [6, 6.07) is 8.08. The van der Waals surface area contributed by atoms with Gasteiger partial charge in [0.2, 0.25) is 0 Å². The zero-order valence-corrected chi connectivity index (χ0v) is 18.1. The van der Waals surface area contributed by atoms with Crippen LogP contribution in [0, 0.1) is 6.92 Å². The second kappa shape index (κ2) is 7.81. The normalized spacial score (nSPS) is 21.5. The van der Waals surface area contributed by atoms with Crippen molar-refractivity contribution in [1.82, 2.24) is 0 Å². The van der Waals surface area contributed by atoms with Crippen molar-refractivity contribution in [1.29, 1.82) is 0 Å². The van der Waals surface area contributed by atoms with Gasteiger partial charge in [-0.2, -0.15) is 13.2 Å². The molecule has 0 spiro atoms. The number of oxime groups is 1. The summed E-state index contributed by atoms with van der Waals surface area (Å²) in [7, 11) is 1.24. The van der Waals surface area contributed by atoms with Gasteiger partial charge in [0.05, 0.1) is 12.7 Å². The third kappa shape index (κ3) is 3.73. The minimum atomic E-state index is -4.85. The zero-order chi connectivity index (χ0) is 21.6. The molecule has 154 valence electrons. The van der Waals surface area contributed by atoms with Crippen molar-refractivity contribution in [3.63, 3.8) is 0 Å². The molecule has 1 heterocycles. The standard InChI is InChI=1S/C19H13BrCl2F3NO3/c1-9-5-10(3-4-14(9)17(27)28-2)15-16(20)18(29-26-15,19(23,24)25)11-6-12(21)8-13(22)7-11/h3-8,16H,1-2H3. The summed E-state index contributed by atoms with van der Waals surface area (Å²) in [5.74, 6) is -0.549. The van der Waals surface area contributed by atoms with Crippen molar-refractivity contribution in [2.45, 2.75) is 23.5 Å². The molecule has 1 aliphatic rings. The topological polar surface area (TPSA) is 47.9 Å². The molecule has 0 aliphatic carbocycles. The van der Waals surface area contributed by atoms with Crippen LogP contribution in [-0.2, 0) is 15.2 Å². The molecule has 0 aromatic heterocycles. The predicted molar refractivity (Wildman–Crippen MR) is 107 cm³/mol. The van der Waals surface area contributed by atoms with Crippen LogP contribution in [0.3, 0.4) is 0 Å². The Morgan fingerprint density at radius 1 is 1.21 bits per heavy atom. The first kappa shape index (κ1) is 21.9. The van der Waals surface area contributed by atoms with Crippen molar-refractivity contribution in [3.05, 3.63) is 68.7 Å². The fraction of sp³-hybridized carbons (Fsp3) is 0.263. The Morgan fingerprint density at radius 3 is 2.34 bits per heavy atom. The molecule has 3 rings (SSSR count). The summed E-state index contributed by atoms with van der Waals surface area (Å²) >= 11 is 15.0. The molecular formula is C19H13BrCl2F3NO3. The fourth-order valence-corrected chi connectivity index (χ4v) is 4.58. The maximum atomic E-state index is 14.2. The molecule has 10 heteroatoms. The van der Waals surface area contributed by atoms with Crippen LogP contribution in [-0.4, -0.2) is 29.8 Å². The number of esters is 1. The quantitative estimate of drug-likeness (QED) is 0.373. The maximum Gasteiger partial charge on any atom is 0.436 e. The molecule has 2 aromatic rings. The summed E-state index contributed by atoms with van der Waals surface area (Å²) in [6.45, 7) is 1.64. The van der Waals surface area contributed by atoms with Crippen LogP contribution in [0.2, 0.25) is 10.0 Å². The van der Waals surface area contributed by atoms with Crippen molar-refractivity contribution >= 4 is 50.8 Å². The van der Waals surface area contributed by atoms with E-state index in [1.807, 2.05) is 0 Å². The largest absolute Gasteiger partial charge is 0.465 e. The number of nitrogens with zero attached hydrogens (tertiary/aromatic N) is 1. The molecule has 0 fully saturated rings. The molecular weight excluding hydrogens is 498 g/mol. The number of aryl methyl sites for hydroxylation is 1. The molecule has 1 aliphatic heterocycles. The third-order valence-electron chi connectivity index (χ3n) is 4.52. The van der Waals surface area contributed by atoms with E-state index in [4.69, 9.17) is 28.0 Å². The first-order valence-electron chi connectivity index (χ1n) is 8.14. The van der Waals surface area contributed by atoms with Crippen LogP contribution in [0.5, 0.6) is 0 Å². The minimum Gasteiger partial charge on any atom is -0.465 e. The second-order valence-electron chi connectivity index (χ2n) is 6.34. The summed E-state index contributed by atoms with van der Waals surface area (Å²) in [6.07, 6.45) is -4.85. The Bertz CT molecular complexity index is 992. The highest BCUT2D eigenvalue weighted by molar-refractivity contribution is 9.10. The van der Waals surface area contributed by atoms with Crippen molar-refractivity contribution in [3.8, 4) is 0 Å². The van der Waals surface area contributed by atoms with E-state index >= 15 is 0 Å². The van der Waals surface area contributed by atoms with E-state index in [0.29, 0.717) is 16.7 Å². The zero-order valence-electron chi connectivity index (χ0n) is 15.0. The number of benzene rings is 2. The number of alkyl halides is 4. The van der Waals surface area contributed by atoms with Crippen LogP contribution in [0.25, 0.3) is 0 Å². The number of halogens is 6. The lowest BCUT2D eigenvalue weighted by molar-refractivity contribution is -0.273. The first-order valence-corrected chi connectivity index (χ1v) is 9.81. The molecule has 0 amide bonds. The van der Waals surface area contributed by atoms with E-state index in [-0.39, 0.29) is 21.3 Å². The molecule has 2 aromatic carbocycles. The van der Waals surface area contributed by atoms with Gasteiger partial charge in [-0.05, 0) is 42.8 Å². The van der Waals surface area contributed by atoms with E-state index in [1.165, 1.54) is 25.3 Å². The van der Waals surface area contributed by atoms with Crippen LogP contribution >= 0.6 is 39.1 Å². The summed E-state index contributed by atoms with van der Waals surface area (Å²) in [5.41, 5.74) is -1.93. The average Bonchev–Trinajstić information content (AvgIpc) is 2.98. The van der Waals surface area contributed by atoms with Crippen LogP contribution in [0.15, 0.2) is 41.6 Å². The van der Waals surface area contributed by atoms with Crippen molar-refractivity contribution in [2.24, 2.45) is 5.16 Å². The van der Waals surface area contributed by atoms with Gasteiger partial charge in [0.25, 0.3) is 5.60 Å².